The summed E-state index contributed by atoms with van der Waals surface area (Å²) in [6.07, 6.45) is 0. The number of para-hydroxylation sites is 1. The van der Waals surface area contributed by atoms with E-state index in [4.69, 9.17) is 0 Å². The summed E-state index contributed by atoms with van der Waals surface area (Å²) in [5, 5.41) is 2.50. The molecule has 1 nitrogen and oxygen atoms in total. The number of aromatic nitrogens is 1. The van der Waals surface area contributed by atoms with Gasteiger partial charge in [-0.3, -0.25) is 0 Å². The SMILES string of the molecule is Brc1ccccc1-c1ccccc1-c1ccc2c3ccccc3n(-c3cccc(-c4ccccc4-c4ccccc4)c3)c2c1. The van der Waals surface area contributed by atoms with Crippen molar-refractivity contribution >= 4 is 37.7 Å². The number of hydrogen-bond acceptors (Lipinski definition) is 0. The third-order valence-electron chi connectivity index (χ3n) is 8.50. The third-order valence-corrected chi connectivity index (χ3v) is 9.19. The van der Waals surface area contributed by atoms with E-state index in [-0.39, 0.29) is 0 Å². The van der Waals surface area contributed by atoms with E-state index in [9.17, 15) is 0 Å². The molecule has 0 saturated carbocycles. The summed E-state index contributed by atoms with van der Waals surface area (Å²) < 4.78 is 3.51. The zero-order valence-corrected chi connectivity index (χ0v) is 25.6. The fourth-order valence-electron chi connectivity index (χ4n) is 6.48. The van der Waals surface area contributed by atoms with Crippen molar-refractivity contribution in [2.24, 2.45) is 0 Å². The Morgan fingerprint density at radius 1 is 0.341 bits per heavy atom. The minimum absolute atomic E-state index is 1.09. The van der Waals surface area contributed by atoms with Crippen molar-refractivity contribution in [3.63, 3.8) is 0 Å². The molecule has 1 aromatic heterocycles. The average Bonchev–Trinajstić information content (AvgIpc) is 3.43. The van der Waals surface area contributed by atoms with Gasteiger partial charge in [0.2, 0.25) is 0 Å². The van der Waals surface area contributed by atoms with Crippen LogP contribution in [0.2, 0.25) is 0 Å². The lowest BCUT2D eigenvalue weighted by atomic mass is 9.94. The zero-order valence-electron chi connectivity index (χ0n) is 24.0. The first-order valence-electron chi connectivity index (χ1n) is 14.9. The van der Waals surface area contributed by atoms with Crippen LogP contribution >= 0.6 is 15.9 Å². The van der Waals surface area contributed by atoms with E-state index in [1.54, 1.807) is 0 Å². The van der Waals surface area contributed by atoms with E-state index in [2.05, 4.69) is 190 Å². The minimum atomic E-state index is 1.09. The van der Waals surface area contributed by atoms with Gasteiger partial charge in [-0.15, -0.1) is 0 Å². The first-order chi connectivity index (χ1) is 21.8. The molecule has 208 valence electrons. The largest absolute Gasteiger partial charge is 0.309 e. The van der Waals surface area contributed by atoms with Gasteiger partial charge in [-0.25, -0.2) is 0 Å². The van der Waals surface area contributed by atoms with Crippen LogP contribution in [-0.4, -0.2) is 4.57 Å². The van der Waals surface area contributed by atoms with Gasteiger partial charge < -0.3 is 4.57 Å². The number of hydrogen-bond donors (Lipinski definition) is 0. The number of nitrogens with zero attached hydrogens (tertiary/aromatic N) is 1. The molecule has 0 amide bonds. The van der Waals surface area contributed by atoms with E-state index in [1.165, 1.54) is 66.3 Å². The van der Waals surface area contributed by atoms with Crippen molar-refractivity contribution < 1.29 is 0 Å². The molecule has 8 rings (SSSR count). The van der Waals surface area contributed by atoms with Gasteiger partial charge in [0.25, 0.3) is 0 Å². The van der Waals surface area contributed by atoms with Gasteiger partial charge in [0.15, 0.2) is 0 Å². The molecule has 8 aromatic rings. The van der Waals surface area contributed by atoms with Crippen LogP contribution in [0.1, 0.15) is 0 Å². The smallest absolute Gasteiger partial charge is 0.0547 e. The van der Waals surface area contributed by atoms with Crippen molar-refractivity contribution in [3.8, 4) is 50.2 Å². The lowest BCUT2D eigenvalue weighted by molar-refractivity contribution is 1.18. The summed E-state index contributed by atoms with van der Waals surface area (Å²) in [5.74, 6) is 0. The Morgan fingerprint density at radius 3 is 1.66 bits per heavy atom. The molecule has 0 radical (unpaired) electrons. The topological polar surface area (TPSA) is 4.93 Å². The Morgan fingerprint density at radius 2 is 0.886 bits per heavy atom. The van der Waals surface area contributed by atoms with Crippen molar-refractivity contribution in [2.75, 3.05) is 0 Å². The molecule has 0 aliphatic carbocycles. The monoisotopic (exact) mass is 625 g/mol. The van der Waals surface area contributed by atoms with Crippen LogP contribution < -0.4 is 0 Å². The quantitative estimate of drug-likeness (QED) is 0.179. The molecule has 0 bridgehead atoms. The predicted molar refractivity (Wildman–Crippen MR) is 190 cm³/mol. The van der Waals surface area contributed by atoms with Gasteiger partial charge in [-0.1, -0.05) is 155 Å². The van der Waals surface area contributed by atoms with E-state index in [0.717, 1.165) is 10.2 Å². The predicted octanol–water partition coefficient (Wildman–Crippen LogP) is 12.2. The summed E-state index contributed by atoms with van der Waals surface area (Å²) in [4.78, 5) is 0. The van der Waals surface area contributed by atoms with Crippen LogP contribution in [0, 0.1) is 0 Å². The molecule has 7 aromatic carbocycles. The Kier molecular flexibility index (Phi) is 6.70. The molecular formula is C42H28BrN. The number of rotatable bonds is 5. The number of halogens is 1. The average molecular weight is 627 g/mol. The fraction of sp³-hybridized carbons (Fsp3) is 0. The van der Waals surface area contributed by atoms with Crippen LogP contribution in [-0.2, 0) is 0 Å². The van der Waals surface area contributed by atoms with Crippen LogP contribution in [0.25, 0.3) is 72.0 Å². The Balaban J connectivity index is 1.34. The molecule has 0 spiro atoms. The van der Waals surface area contributed by atoms with Crippen molar-refractivity contribution in [2.45, 2.75) is 0 Å². The Bertz CT molecular complexity index is 2290. The van der Waals surface area contributed by atoms with Gasteiger partial charge in [-0.05, 0) is 74.8 Å². The molecule has 0 unspecified atom stereocenters. The molecule has 0 fully saturated rings. The molecule has 2 heteroatoms. The van der Waals surface area contributed by atoms with E-state index < -0.39 is 0 Å². The van der Waals surface area contributed by atoms with E-state index in [0.29, 0.717) is 0 Å². The molecule has 44 heavy (non-hydrogen) atoms. The fourth-order valence-corrected chi connectivity index (χ4v) is 6.98. The van der Waals surface area contributed by atoms with Gasteiger partial charge in [0, 0.05) is 20.9 Å². The maximum Gasteiger partial charge on any atom is 0.0547 e. The zero-order chi connectivity index (χ0) is 29.5. The standard InChI is InChI=1S/C42H28BrN/c43-40-23-10-8-21-37(40)36-20-7-6-19-35(36)31-25-26-39-38-22-9-11-24-41(38)44(42(39)28-31)32-16-12-15-30(27-32)34-18-5-4-17-33(34)29-13-2-1-3-14-29/h1-28H. The molecule has 0 aliphatic rings. The number of fused-ring (bicyclic) bond motifs is 3. The second-order valence-corrected chi connectivity index (χ2v) is 11.9. The first kappa shape index (κ1) is 26.4. The van der Waals surface area contributed by atoms with Gasteiger partial charge in [-0.2, -0.15) is 0 Å². The lowest BCUT2D eigenvalue weighted by Crippen LogP contribution is -1.95. The van der Waals surface area contributed by atoms with E-state index in [1.807, 2.05) is 0 Å². The van der Waals surface area contributed by atoms with Crippen LogP contribution in [0.4, 0.5) is 0 Å². The van der Waals surface area contributed by atoms with Crippen LogP contribution in [0.5, 0.6) is 0 Å². The molecule has 0 aliphatic heterocycles. The Hall–Kier alpha value is -5.18. The highest BCUT2D eigenvalue weighted by atomic mass is 79.9. The summed E-state index contributed by atoms with van der Waals surface area (Å²) in [5.41, 5.74) is 13.2. The van der Waals surface area contributed by atoms with Gasteiger partial charge in [0.05, 0.1) is 11.0 Å². The highest BCUT2D eigenvalue weighted by molar-refractivity contribution is 9.10. The normalized spacial score (nSPS) is 11.3. The maximum atomic E-state index is 3.79. The maximum absolute atomic E-state index is 3.79. The first-order valence-corrected chi connectivity index (χ1v) is 15.7. The highest BCUT2D eigenvalue weighted by Crippen LogP contribution is 2.40. The van der Waals surface area contributed by atoms with Crippen LogP contribution in [0.15, 0.2) is 174 Å². The van der Waals surface area contributed by atoms with Crippen LogP contribution in [0.3, 0.4) is 0 Å². The second-order valence-electron chi connectivity index (χ2n) is 11.1. The summed E-state index contributed by atoms with van der Waals surface area (Å²) in [7, 11) is 0. The van der Waals surface area contributed by atoms with Crippen molar-refractivity contribution in [1.82, 2.24) is 4.57 Å². The van der Waals surface area contributed by atoms with Crippen molar-refractivity contribution in [1.29, 1.82) is 0 Å². The van der Waals surface area contributed by atoms with Crippen molar-refractivity contribution in [3.05, 3.63) is 174 Å². The number of benzene rings is 7. The molecule has 0 saturated heterocycles. The minimum Gasteiger partial charge on any atom is -0.309 e. The second kappa shape index (κ2) is 11.1. The third kappa shape index (κ3) is 4.56. The Labute approximate surface area is 265 Å². The van der Waals surface area contributed by atoms with Gasteiger partial charge >= 0.3 is 0 Å². The van der Waals surface area contributed by atoms with E-state index >= 15 is 0 Å². The molecule has 0 N–H and O–H groups in total. The van der Waals surface area contributed by atoms with Gasteiger partial charge in [0.1, 0.15) is 0 Å². The summed E-state index contributed by atoms with van der Waals surface area (Å²) in [6, 6.07) is 61.1. The lowest BCUT2D eigenvalue weighted by Gasteiger charge is -2.14. The molecule has 1 heterocycles. The summed E-state index contributed by atoms with van der Waals surface area (Å²) in [6.45, 7) is 0. The highest BCUT2D eigenvalue weighted by Gasteiger charge is 2.16. The summed E-state index contributed by atoms with van der Waals surface area (Å²) >= 11 is 3.79. The molecule has 0 atom stereocenters. The molecular weight excluding hydrogens is 598 g/mol.